The van der Waals surface area contributed by atoms with E-state index in [9.17, 15) is 13.2 Å². The maximum atomic E-state index is 11.1. The molecule has 0 unspecified atom stereocenters. The number of pyridine rings is 1. The van der Waals surface area contributed by atoms with Crippen molar-refractivity contribution in [1.29, 1.82) is 0 Å². The molecule has 0 amide bonds. The van der Waals surface area contributed by atoms with Gasteiger partial charge in [-0.1, -0.05) is 0 Å². The highest BCUT2D eigenvalue weighted by Gasteiger charge is 2.16. The molecular formula is C8H8ClNO4S. The zero-order valence-corrected chi connectivity index (χ0v) is 9.59. The second-order valence-corrected chi connectivity index (χ2v) is 5.31. The lowest BCUT2D eigenvalue weighted by Crippen LogP contribution is -2.07. The third-order valence-electron chi connectivity index (χ3n) is 1.59. The maximum Gasteiger partial charge on any atom is 0.356 e. The lowest BCUT2D eigenvalue weighted by Gasteiger charge is -2.02. The molecule has 82 valence electrons. The monoisotopic (exact) mass is 249 g/mol. The highest BCUT2D eigenvalue weighted by atomic mass is 35.7. The van der Waals surface area contributed by atoms with Crippen LogP contribution in [0.1, 0.15) is 16.1 Å². The first-order chi connectivity index (χ1) is 6.84. The number of halogens is 1. The summed E-state index contributed by atoms with van der Waals surface area (Å²) >= 11 is 0. The number of hydrogen-bond donors (Lipinski definition) is 0. The van der Waals surface area contributed by atoms with Crippen molar-refractivity contribution >= 4 is 25.7 Å². The zero-order chi connectivity index (χ0) is 11.6. The molecule has 0 radical (unpaired) electrons. The molecule has 0 aliphatic carbocycles. The van der Waals surface area contributed by atoms with Gasteiger partial charge in [-0.3, -0.25) is 0 Å². The van der Waals surface area contributed by atoms with Gasteiger partial charge in [-0.2, -0.15) is 0 Å². The van der Waals surface area contributed by atoms with E-state index in [0.29, 0.717) is 5.56 Å². The van der Waals surface area contributed by atoms with Gasteiger partial charge in [-0.15, -0.1) is 0 Å². The van der Waals surface area contributed by atoms with Gasteiger partial charge in [0.05, 0.1) is 7.11 Å². The lowest BCUT2D eigenvalue weighted by atomic mass is 10.2. The van der Waals surface area contributed by atoms with E-state index in [-0.39, 0.29) is 10.7 Å². The average Bonchev–Trinajstić information content (AvgIpc) is 2.14. The van der Waals surface area contributed by atoms with E-state index < -0.39 is 15.0 Å². The van der Waals surface area contributed by atoms with Crippen molar-refractivity contribution in [3.63, 3.8) is 0 Å². The SMILES string of the molecule is COC(=O)c1cc(C)cc(S(=O)(=O)Cl)n1. The van der Waals surface area contributed by atoms with E-state index in [0.717, 1.165) is 0 Å². The number of rotatable bonds is 2. The number of aromatic nitrogens is 1. The highest BCUT2D eigenvalue weighted by molar-refractivity contribution is 8.13. The van der Waals surface area contributed by atoms with Gasteiger partial charge in [0.15, 0.2) is 5.03 Å². The molecule has 1 aromatic heterocycles. The van der Waals surface area contributed by atoms with Gasteiger partial charge in [-0.25, -0.2) is 18.2 Å². The summed E-state index contributed by atoms with van der Waals surface area (Å²) < 4.78 is 26.4. The van der Waals surface area contributed by atoms with E-state index in [1.165, 1.54) is 19.2 Å². The minimum atomic E-state index is -3.94. The largest absolute Gasteiger partial charge is 0.464 e. The van der Waals surface area contributed by atoms with Gasteiger partial charge in [0.25, 0.3) is 9.05 Å². The van der Waals surface area contributed by atoms with Crippen LogP contribution in [0.2, 0.25) is 0 Å². The summed E-state index contributed by atoms with van der Waals surface area (Å²) in [5.74, 6) is -0.708. The fraction of sp³-hybridized carbons (Fsp3) is 0.250. The van der Waals surface area contributed by atoms with Gasteiger partial charge >= 0.3 is 5.97 Å². The smallest absolute Gasteiger partial charge is 0.356 e. The van der Waals surface area contributed by atoms with Crippen molar-refractivity contribution in [2.24, 2.45) is 0 Å². The van der Waals surface area contributed by atoms with Gasteiger partial charge in [0.2, 0.25) is 0 Å². The molecule has 7 heteroatoms. The summed E-state index contributed by atoms with van der Waals surface area (Å²) in [5, 5.41) is -0.357. The molecular weight excluding hydrogens is 242 g/mol. The van der Waals surface area contributed by atoms with Crippen LogP contribution in [0.25, 0.3) is 0 Å². The number of methoxy groups -OCH3 is 1. The summed E-state index contributed by atoms with van der Waals surface area (Å²) in [5.41, 5.74) is 0.473. The molecule has 0 atom stereocenters. The first kappa shape index (κ1) is 11.9. The second-order valence-electron chi connectivity index (χ2n) is 2.80. The number of ether oxygens (including phenoxy) is 1. The Morgan fingerprint density at radius 3 is 2.53 bits per heavy atom. The Kier molecular flexibility index (Phi) is 3.31. The molecule has 15 heavy (non-hydrogen) atoms. The minimum absolute atomic E-state index is 0.0864. The number of carbonyl (C=O) groups excluding carboxylic acids is 1. The fourth-order valence-electron chi connectivity index (χ4n) is 0.969. The summed E-state index contributed by atoms with van der Waals surface area (Å²) in [6.07, 6.45) is 0. The van der Waals surface area contributed by atoms with E-state index in [2.05, 4.69) is 9.72 Å². The van der Waals surface area contributed by atoms with Crippen LogP contribution in [-0.4, -0.2) is 26.5 Å². The summed E-state index contributed by atoms with van der Waals surface area (Å²) in [7, 11) is 2.35. The van der Waals surface area contributed by atoms with Crippen molar-refractivity contribution in [2.45, 2.75) is 11.9 Å². The van der Waals surface area contributed by atoms with Crippen LogP contribution in [0.15, 0.2) is 17.2 Å². The molecule has 0 aromatic carbocycles. The van der Waals surface area contributed by atoms with Crippen molar-refractivity contribution < 1.29 is 17.9 Å². The van der Waals surface area contributed by atoms with Gasteiger partial charge in [0, 0.05) is 10.7 Å². The molecule has 1 heterocycles. The Hall–Kier alpha value is -1.14. The second kappa shape index (κ2) is 4.16. The minimum Gasteiger partial charge on any atom is -0.464 e. The van der Waals surface area contributed by atoms with Crippen LogP contribution >= 0.6 is 10.7 Å². The Labute approximate surface area is 91.5 Å². The molecule has 5 nitrogen and oxygen atoms in total. The molecule has 1 rings (SSSR count). The van der Waals surface area contributed by atoms with Crippen molar-refractivity contribution in [1.82, 2.24) is 4.98 Å². The van der Waals surface area contributed by atoms with Crippen molar-refractivity contribution in [3.8, 4) is 0 Å². The van der Waals surface area contributed by atoms with Crippen LogP contribution in [-0.2, 0) is 13.8 Å². The molecule has 0 spiro atoms. The Bertz CT molecular complexity index is 497. The Morgan fingerprint density at radius 1 is 1.47 bits per heavy atom. The van der Waals surface area contributed by atoms with Gasteiger partial charge in [-0.05, 0) is 24.6 Å². The normalized spacial score (nSPS) is 11.1. The molecule has 0 N–H and O–H groups in total. The Morgan fingerprint density at radius 2 is 2.07 bits per heavy atom. The maximum absolute atomic E-state index is 11.1. The average molecular weight is 250 g/mol. The quantitative estimate of drug-likeness (QED) is 0.580. The number of nitrogens with zero attached hydrogens (tertiary/aromatic N) is 1. The van der Waals surface area contributed by atoms with Crippen LogP contribution in [0.5, 0.6) is 0 Å². The first-order valence-electron chi connectivity index (χ1n) is 3.86. The van der Waals surface area contributed by atoms with Crippen LogP contribution in [0.3, 0.4) is 0 Å². The summed E-state index contributed by atoms with van der Waals surface area (Å²) in [6, 6.07) is 2.69. The standard InChI is InChI=1S/C8H8ClNO4S/c1-5-3-6(8(11)14-2)10-7(4-5)15(9,12)13/h3-4H,1-2H3. The molecule has 0 saturated carbocycles. The number of aryl methyl sites for hydroxylation is 1. The van der Waals surface area contributed by atoms with E-state index in [1.807, 2.05) is 0 Å². The van der Waals surface area contributed by atoms with E-state index in [4.69, 9.17) is 10.7 Å². The van der Waals surface area contributed by atoms with Crippen molar-refractivity contribution in [3.05, 3.63) is 23.4 Å². The molecule has 0 fully saturated rings. The highest BCUT2D eigenvalue weighted by Crippen LogP contribution is 2.15. The number of carbonyl (C=O) groups is 1. The third-order valence-corrected chi connectivity index (χ3v) is 2.77. The molecule has 0 bridgehead atoms. The van der Waals surface area contributed by atoms with Crippen LogP contribution in [0.4, 0.5) is 0 Å². The summed E-state index contributed by atoms with van der Waals surface area (Å²) in [6.45, 7) is 1.62. The zero-order valence-electron chi connectivity index (χ0n) is 8.02. The van der Waals surface area contributed by atoms with Crippen LogP contribution in [0, 0.1) is 6.92 Å². The van der Waals surface area contributed by atoms with Crippen molar-refractivity contribution in [2.75, 3.05) is 7.11 Å². The third kappa shape index (κ3) is 2.90. The molecule has 1 aromatic rings. The lowest BCUT2D eigenvalue weighted by molar-refractivity contribution is 0.0593. The van der Waals surface area contributed by atoms with Gasteiger partial charge in [0.1, 0.15) is 5.69 Å². The fourth-order valence-corrected chi connectivity index (χ4v) is 1.74. The molecule has 0 aliphatic rings. The van der Waals surface area contributed by atoms with Gasteiger partial charge < -0.3 is 4.74 Å². The molecule has 0 aliphatic heterocycles. The topological polar surface area (TPSA) is 73.3 Å². The van der Waals surface area contributed by atoms with Crippen LogP contribution < -0.4 is 0 Å². The number of esters is 1. The first-order valence-corrected chi connectivity index (χ1v) is 6.17. The predicted molar refractivity (Wildman–Crippen MR) is 53.4 cm³/mol. The van der Waals surface area contributed by atoms with E-state index >= 15 is 0 Å². The molecule has 0 saturated heterocycles. The number of hydrogen-bond acceptors (Lipinski definition) is 5. The summed E-state index contributed by atoms with van der Waals surface area (Å²) in [4.78, 5) is 14.7. The predicted octanol–water partition coefficient (Wildman–Crippen LogP) is 1.10. The Balaban J connectivity index is 3.35. The van der Waals surface area contributed by atoms with E-state index in [1.54, 1.807) is 6.92 Å².